The molecule has 0 saturated heterocycles. The fraction of sp³-hybridized carbons (Fsp3) is 0.417. The fourth-order valence-electron chi connectivity index (χ4n) is 1.59. The summed E-state index contributed by atoms with van der Waals surface area (Å²) < 4.78 is 0. The number of nitrogens with one attached hydrogen (secondary N) is 1. The van der Waals surface area contributed by atoms with Gasteiger partial charge in [0.15, 0.2) is 0 Å². The summed E-state index contributed by atoms with van der Waals surface area (Å²) in [5.41, 5.74) is 1.21. The number of hydrogen-bond donors (Lipinski definition) is 1. The second kappa shape index (κ2) is 5.16. The summed E-state index contributed by atoms with van der Waals surface area (Å²) >= 11 is 1.67. The third kappa shape index (κ3) is 2.85. The molecule has 0 bridgehead atoms. The summed E-state index contributed by atoms with van der Waals surface area (Å²) in [6.45, 7) is 4.85. The molecule has 2 amide bonds. The highest BCUT2D eigenvalue weighted by Gasteiger charge is 2.32. The zero-order chi connectivity index (χ0) is 11.4. The monoisotopic (exact) mass is 236 g/mol. The number of carbonyl (C=O) groups excluding carboxylic acids is 1. The van der Waals surface area contributed by atoms with Crippen molar-refractivity contribution in [3.63, 3.8) is 0 Å². The Morgan fingerprint density at radius 2 is 2.50 bits per heavy atom. The molecule has 1 aliphatic carbocycles. The molecule has 0 aromatic carbocycles. The maximum atomic E-state index is 11.9. The molecule has 1 aromatic rings. The number of carbonyl (C=O) groups is 1. The summed E-state index contributed by atoms with van der Waals surface area (Å²) in [6, 6.07) is 2.53. The lowest BCUT2D eigenvalue weighted by molar-refractivity contribution is 0.193. The Morgan fingerprint density at radius 1 is 1.69 bits per heavy atom. The summed E-state index contributed by atoms with van der Waals surface area (Å²) in [7, 11) is 0. The first-order chi connectivity index (χ1) is 7.81. The van der Waals surface area contributed by atoms with Crippen LogP contribution in [0.2, 0.25) is 0 Å². The van der Waals surface area contributed by atoms with Crippen LogP contribution < -0.4 is 5.32 Å². The first-order valence-corrected chi connectivity index (χ1v) is 6.42. The first kappa shape index (κ1) is 11.2. The molecule has 1 saturated carbocycles. The summed E-state index contributed by atoms with van der Waals surface area (Å²) in [5.74, 6) is 0. The zero-order valence-corrected chi connectivity index (χ0v) is 10.0. The molecular weight excluding hydrogens is 220 g/mol. The van der Waals surface area contributed by atoms with E-state index in [1.807, 2.05) is 10.3 Å². The normalized spacial score (nSPS) is 14.5. The third-order valence-corrected chi connectivity index (χ3v) is 3.31. The van der Waals surface area contributed by atoms with Gasteiger partial charge in [-0.2, -0.15) is 11.3 Å². The SMILES string of the molecule is C=CCNC(=O)N(Cc1ccsc1)C1CC1. The molecule has 2 rings (SSSR count). The van der Waals surface area contributed by atoms with Crippen LogP contribution in [0.4, 0.5) is 4.79 Å². The standard InChI is InChI=1S/C12H16N2OS/c1-2-6-13-12(15)14(11-3-4-11)8-10-5-7-16-9-10/h2,5,7,9,11H,1,3-4,6,8H2,(H,13,15). The Bertz CT molecular complexity index is 357. The fourth-order valence-corrected chi connectivity index (χ4v) is 2.25. The highest BCUT2D eigenvalue weighted by Crippen LogP contribution is 2.28. The molecule has 3 nitrogen and oxygen atoms in total. The molecule has 1 aliphatic rings. The summed E-state index contributed by atoms with van der Waals surface area (Å²) in [6.07, 6.45) is 3.96. The minimum atomic E-state index is 0.0219. The van der Waals surface area contributed by atoms with Crippen LogP contribution in [0, 0.1) is 0 Å². The van der Waals surface area contributed by atoms with Gasteiger partial charge < -0.3 is 10.2 Å². The van der Waals surface area contributed by atoms with E-state index in [4.69, 9.17) is 0 Å². The van der Waals surface area contributed by atoms with Crippen molar-refractivity contribution < 1.29 is 4.79 Å². The Kier molecular flexibility index (Phi) is 3.62. The third-order valence-electron chi connectivity index (χ3n) is 2.58. The van der Waals surface area contributed by atoms with E-state index in [2.05, 4.69) is 23.3 Å². The van der Waals surface area contributed by atoms with Gasteiger partial charge in [0.2, 0.25) is 0 Å². The van der Waals surface area contributed by atoms with Crippen molar-refractivity contribution in [3.05, 3.63) is 35.0 Å². The number of rotatable bonds is 5. The van der Waals surface area contributed by atoms with Crippen LogP contribution in [0.25, 0.3) is 0 Å². The Hall–Kier alpha value is -1.29. The molecule has 0 unspecified atom stereocenters. The van der Waals surface area contributed by atoms with Crippen LogP contribution in [0.1, 0.15) is 18.4 Å². The highest BCUT2D eigenvalue weighted by molar-refractivity contribution is 7.07. The smallest absolute Gasteiger partial charge is 0.318 e. The van der Waals surface area contributed by atoms with Crippen molar-refractivity contribution >= 4 is 17.4 Å². The van der Waals surface area contributed by atoms with E-state index in [0.29, 0.717) is 12.6 Å². The average molecular weight is 236 g/mol. The van der Waals surface area contributed by atoms with Crippen molar-refractivity contribution in [3.8, 4) is 0 Å². The van der Waals surface area contributed by atoms with E-state index in [-0.39, 0.29) is 6.03 Å². The van der Waals surface area contributed by atoms with Gasteiger partial charge in [-0.25, -0.2) is 4.79 Å². The van der Waals surface area contributed by atoms with Crippen LogP contribution >= 0.6 is 11.3 Å². The largest absolute Gasteiger partial charge is 0.335 e. The number of hydrogen-bond acceptors (Lipinski definition) is 2. The molecule has 1 aromatic heterocycles. The van der Waals surface area contributed by atoms with Gasteiger partial charge in [-0.15, -0.1) is 6.58 Å². The van der Waals surface area contributed by atoms with Gasteiger partial charge in [-0.05, 0) is 35.2 Å². The average Bonchev–Trinajstić information content (AvgIpc) is 3.00. The van der Waals surface area contributed by atoms with E-state index in [1.165, 1.54) is 5.56 Å². The topological polar surface area (TPSA) is 32.3 Å². The van der Waals surface area contributed by atoms with Crippen molar-refractivity contribution in [2.45, 2.75) is 25.4 Å². The number of nitrogens with zero attached hydrogens (tertiary/aromatic N) is 1. The van der Waals surface area contributed by atoms with E-state index < -0.39 is 0 Å². The molecule has 1 heterocycles. The predicted octanol–water partition coefficient (Wildman–Crippen LogP) is 2.61. The van der Waals surface area contributed by atoms with E-state index in [9.17, 15) is 4.79 Å². The van der Waals surface area contributed by atoms with E-state index in [1.54, 1.807) is 17.4 Å². The van der Waals surface area contributed by atoms with Gasteiger partial charge in [-0.1, -0.05) is 6.08 Å². The van der Waals surface area contributed by atoms with Crippen LogP contribution in [0.3, 0.4) is 0 Å². The maximum absolute atomic E-state index is 11.9. The summed E-state index contributed by atoms with van der Waals surface area (Å²) in [5, 5.41) is 6.98. The minimum absolute atomic E-state index is 0.0219. The molecule has 0 radical (unpaired) electrons. The molecule has 1 N–H and O–H groups in total. The highest BCUT2D eigenvalue weighted by atomic mass is 32.1. The van der Waals surface area contributed by atoms with E-state index in [0.717, 1.165) is 19.4 Å². The molecule has 0 atom stereocenters. The van der Waals surface area contributed by atoms with Crippen LogP contribution in [-0.2, 0) is 6.54 Å². The van der Waals surface area contributed by atoms with Crippen molar-refractivity contribution in [1.82, 2.24) is 10.2 Å². The molecule has 16 heavy (non-hydrogen) atoms. The molecule has 0 spiro atoms. The second-order valence-corrected chi connectivity index (χ2v) is 4.75. The Labute approximate surface area is 99.8 Å². The van der Waals surface area contributed by atoms with Gasteiger partial charge >= 0.3 is 6.03 Å². The van der Waals surface area contributed by atoms with Crippen molar-refractivity contribution in [2.24, 2.45) is 0 Å². The molecule has 1 fully saturated rings. The van der Waals surface area contributed by atoms with Gasteiger partial charge in [0.05, 0.1) is 0 Å². The Morgan fingerprint density at radius 3 is 3.06 bits per heavy atom. The molecule has 4 heteroatoms. The Balaban J connectivity index is 1.94. The van der Waals surface area contributed by atoms with E-state index >= 15 is 0 Å². The predicted molar refractivity (Wildman–Crippen MR) is 66.5 cm³/mol. The van der Waals surface area contributed by atoms with Gasteiger partial charge in [0.25, 0.3) is 0 Å². The molecule has 86 valence electrons. The number of urea groups is 1. The zero-order valence-electron chi connectivity index (χ0n) is 9.19. The van der Waals surface area contributed by atoms with Crippen molar-refractivity contribution in [1.29, 1.82) is 0 Å². The van der Waals surface area contributed by atoms with Gasteiger partial charge in [0, 0.05) is 19.1 Å². The maximum Gasteiger partial charge on any atom is 0.318 e. The van der Waals surface area contributed by atoms with Gasteiger partial charge in [-0.3, -0.25) is 0 Å². The van der Waals surface area contributed by atoms with Crippen LogP contribution in [0.15, 0.2) is 29.5 Å². The summed E-state index contributed by atoms with van der Waals surface area (Å²) in [4.78, 5) is 13.8. The lowest BCUT2D eigenvalue weighted by atomic mass is 10.3. The van der Waals surface area contributed by atoms with Crippen LogP contribution in [-0.4, -0.2) is 23.5 Å². The number of thiophene rings is 1. The lowest BCUT2D eigenvalue weighted by Crippen LogP contribution is -2.40. The molecule has 0 aliphatic heterocycles. The number of amides is 2. The lowest BCUT2D eigenvalue weighted by Gasteiger charge is -2.22. The van der Waals surface area contributed by atoms with Crippen molar-refractivity contribution in [2.75, 3.05) is 6.54 Å². The first-order valence-electron chi connectivity index (χ1n) is 5.47. The van der Waals surface area contributed by atoms with Gasteiger partial charge in [0.1, 0.15) is 0 Å². The molecular formula is C12H16N2OS. The van der Waals surface area contributed by atoms with Crippen LogP contribution in [0.5, 0.6) is 0 Å². The second-order valence-electron chi connectivity index (χ2n) is 3.97. The minimum Gasteiger partial charge on any atom is -0.335 e. The quantitative estimate of drug-likeness (QED) is 0.783.